The number of hydrogen-bond donors (Lipinski definition) is 2. The van der Waals surface area contributed by atoms with Crippen LogP contribution in [-0.2, 0) is 13.0 Å². The van der Waals surface area contributed by atoms with Gasteiger partial charge in [-0.15, -0.1) is 11.3 Å². The van der Waals surface area contributed by atoms with Gasteiger partial charge in [0.15, 0.2) is 5.82 Å². The maximum absolute atomic E-state index is 13.2. The minimum absolute atomic E-state index is 0.297. The van der Waals surface area contributed by atoms with Crippen molar-refractivity contribution in [3.63, 3.8) is 0 Å². The summed E-state index contributed by atoms with van der Waals surface area (Å²) in [5, 5.41) is 9.31. The number of anilines is 5. The van der Waals surface area contributed by atoms with Crippen LogP contribution in [0.4, 0.5) is 28.8 Å². The van der Waals surface area contributed by atoms with E-state index in [4.69, 9.17) is 32.9 Å². The first-order valence-corrected chi connectivity index (χ1v) is 15.2. The highest BCUT2D eigenvalue weighted by Gasteiger charge is 2.24. The summed E-state index contributed by atoms with van der Waals surface area (Å²) in [5.74, 6) is 1.34. The Morgan fingerprint density at radius 1 is 1.00 bits per heavy atom. The van der Waals surface area contributed by atoms with Crippen LogP contribution in [0.3, 0.4) is 0 Å². The molecule has 0 radical (unpaired) electrons. The lowest BCUT2D eigenvalue weighted by Gasteiger charge is -2.35. The van der Waals surface area contributed by atoms with Crippen LogP contribution in [0.2, 0.25) is 10.2 Å². The average molecular weight is 626 g/mol. The highest BCUT2D eigenvalue weighted by Crippen LogP contribution is 2.39. The van der Waals surface area contributed by atoms with Gasteiger partial charge >= 0.3 is 0 Å². The van der Waals surface area contributed by atoms with Gasteiger partial charge in [0.25, 0.3) is 5.91 Å². The van der Waals surface area contributed by atoms with E-state index < -0.39 is 0 Å². The molecule has 42 heavy (non-hydrogen) atoms. The third kappa shape index (κ3) is 6.10. The van der Waals surface area contributed by atoms with Crippen LogP contribution in [0.15, 0.2) is 48.1 Å². The van der Waals surface area contributed by atoms with Gasteiger partial charge in [0.2, 0.25) is 5.95 Å². The number of amides is 1. The van der Waals surface area contributed by atoms with Crippen molar-refractivity contribution in [2.45, 2.75) is 13.0 Å². The molecule has 6 rings (SSSR count). The van der Waals surface area contributed by atoms with E-state index in [1.807, 2.05) is 12.1 Å². The van der Waals surface area contributed by atoms with Crippen molar-refractivity contribution in [2.75, 3.05) is 67.3 Å². The normalized spacial score (nSPS) is 15.3. The molecule has 0 saturated carbocycles. The van der Waals surface area contributed by atoms with Gasteiger partial charge in [-0.2, -0.15) is 4.98 Å². The predicted molar refractivity (Wildman–Crippen MR) is 169 cm³/mol. The number of nitrogens with zero attached hydrogens (tertiary/aromatic N) is 6. The van der Waals surface area contributed by atoms with Crippen molar-refractivity contribution in [3.8, 4) is 5.75 Å². The van der Waals surface area contributed by atoms with Crippen LogP contribution in [-0.4, -0.2) is 72.6 Å². The number of nitrogens with one attached hydrogen (secondary N) is 2. The molecule has 5 heterocycles. The summed E-state index contributed by atoms with van der Waals surface area (Å²) in [6.07, 6.45) is 4.01. The van der Waals surface area contributed by atoms with Crippen molar-refractivity contribution in [3.05, 3.63) is 74.3 Å². The lowest BCUT2D eigenvalue weighted by molar-refractivity contribution is 0.102. The topological polar surface area (TPSA) is 98.8 Å². The SMILES string of the molecule is COc1cc(N2CCN(C)CC2)c(NC(=O)c2ccc(Cl)nc2)cc1Nc1ncc(Cl)c(N2CCc3ccsc3C2)n1. The van der Waals surface area contributed by atoms with E-state index in [2.05, 4.69) is 53.8 Å². The van der Waals surface area contributed by atoms with Gasteiger partial charge in [0, 0.05) is 49.9 Å². The zero-order valence-corrected chi connectivity index (χ0v) is 25.6. The predicted octanol–water partition coefficient (Wildman–Crippen LogP) is 5.56. The van der Waals surface area contributed by atoms with Crippen molar-refractivity contribution >= 4 is 69.3 Å². The summed E-state index contributed by atoms with van der Waals surface area (Å²) < 4.78 is 5.80. The molecule has 2 N–H and O–H groups in total. The standard InChI is InChI=1S/C29H30Cl2N8O2S/c1-37-8-10-38(11-9-37)23-14-24(41-2)22(13-21(23)34-28(40)19-3-4-26(31)32-15-19)35-29-33-16-20(30)27(36-29)39-7-5-18-6-12-42-25(18)17-39/h3-4,6,12-16H,5,7-11,17H2,1-2H3,(H,34,40)(H,33,35,36). The zero-order valence-electron chi connectivity index (χ0n) is 23.2. The second-order valence-corrected chi connectivity index (χ2v) is 12.0. The Labute approximate surface area is 258 Å². The number of aromatic nitrogens is 3. The summed E-state index contributed by atoms with van der Waals surface area (Å²) in [6, 6.07) is 9.21. The number of rotatable bonds is 7. The van der Waals surface area contributed by atoms with E-state index >= 15 is 0 Å². The molecule has 0 aliphatic carbocycles. The Bertz CT molecular complexity index is 1590. The van der Waals surface area contributed by atoms with E-state index in [-0.39, 0.29) is 5.91 Å². The van der Waals surface area contributed by atoms with E-state index in [0.717, 1.165) is 51.4 Å². The summed E-state index contributed by atoms with van der Waals surface area (Å²) >= 11 is 14.3. The molecule has 0 unspecified atom stereocenters. The quantitative estimate of drug-likeness (QED) is 0.256. The summed E-state index contributed by atoms with van der Waals surface area (Å²) in [4.78, 5) is 34.5. The molecule has 1 amide bonds. The Morgan fingerprint density at radius 2 is 1.83 bits per heavy atom. The number of hydrogen-bond acceptors (Lipinski definition) is 10. The summed E-state index contributed by atoms with van der Waals surface area (Å²) in [6.45, 7) is 5.00. The zero-order chi connectivity index (χ0) is 29.2. The number of halogens is 2. The number of methoxy groups -OCH3 is 1. The fourth-order valence-electron chi connectivity index (χ4n) is 5.13. The Morgan fingerprint density at radius 3 is 2.60 bits per heavy atom. The van der Waals surface area contributed by atoms with Gasteiger partial charge in [-0.05, 0) is 48.7 Å². The highest BCUT2D eigenvalue weighted by molar-refractivity contribution is 7.10. The summed E-state index contributed by atoms with van der Waals surface area (Å²) in [5.41, 5.74) is 3.87. The highest BCUT2D eigenvalue weighted by atomic mass is 35.5. The van der Waals surface area contributed by atoms with E-state index in [1.165, 1.54) is 16.6 Å². The molecule has 2 aliphatic rings. The molecule has 13 heteroatoms. The second-order valence-electron chi connectivity index (χ2n) is 10.2. The van der Waals surface area contributed by atoms with Crippen molar-refractivity contribution < 1.29 is 9.53 Å². The minimum Gasteiger partial charge on any atom is -0.494 e. The molecule has 10 nitrogen and oxygen atoms in total. The number of carbonyl (C=O) groups is 1. The summed E-state index contributed by atoms with van der Waals surface area (Å²) in [7, 11) is 3.72. The van der Waals surface area contributed by atoms with Crippen molar-refractivity contribution in [2.24, 2.45) is 0 Å². The molecule has 0 bridgehead atoms. The molecule has 1 aromatic carbocycles. The van der Waals surface area contributed by atoms with E-state index in [0.29, 0.717) is 44.6 Å². The van der Waals surface area contributed by atoms with Crippen molar-refractivity contribution in [1.82, 2.24) is 19.9 Å². The molecule has 1 fully saturated rings. The fraction of sp³-hybridized carbons (Fsp3) is 0.310. The lowest BCUT2D eigenvalue weighted by Crippen LogP contribution is -2.44. The van der Waals surface area contributed by atoms with E-state index in [9.17, 15) is 4.79 Å². The molecular weight excluding hydrogens is 595 g/mol. The monoisotopic (exact) mass is 624 g/mol. The number of likely N-dealkylation sites (N-methyl/N-ethyl adjacent to an activating group) is 1. The number of ether oxygens (including phenoxy) is 1. The number of thiophene rings is 1. The Balaban J connectivity index is 1.32. The van der Waals surface area contributed by atoms with Crippen LogP contribution >= 0.6 is 34.5 Å². The smallest absolute Gasteiger partial charge is 0.257 e. The lowest BCUT2D eigenvalue weighted by atomic mass is 10.1. The Hall–Kier alpha value is -3.64. The molecule has 0 atom stereocenters. The number of pyridine rings is 1. The molecule has 218 valence electrons. The minimum atomic E-state index is -0.297. The molecular formula is C29H30Cl2N8O2S. The van der Waals surface area contributed by atoms with Crippen LogP contribution in [0, 0.1) is 0 Å². The third-order valence-corrected chi connectivity index (χ3v) is 8.93. The maximum Gasteiger partial charge on any atom is 0.257 e. The van der Waals surface area contributed by atoms with Crippen LogP contribution < -0.4 is 25.2 Å². The maximum atomic E-state index is 13.2. The van der Waals surface area contributed by atoms with Crippen LogP contribution in [0.5, 0.6) is 5.75 Å². The van der Waals surface area contributed by atoms with Gasteiger partial charge in [-0.3, -0.25) is 4.79 Å². The van der Waals surface area contributed by atoms with Crippen LogP contribution in [0.1, 0.15) is 20.8 Å². The molecule has 3 aromatic heterocycles. The third-order valence-electron chi connectivity index (χ3n) is 7.49. The van der Waals surface area contributed by atoms with Gasteiger partial charge in [-0.25, -0.2) is 9.97 Å². The fourth-order valence-corrected chi connectivity index (χ4v) is 6.40. The number of piperazine rings is 1. The molecule has 2 aliphatic heterocycles. The molecule has 0 spiro atoms. The Kier molecular flexibility index (Phi) is 8.34. The first kappa shape index (κ1) is 28.5. The number of benzene rings is 1. The van der Waals surface area contributed by atoms with Gasteiger partial charge in [0.1, 0.15) is 15.9 Å². The van der Waals surface area contributed by atoms with Crippen molar-refractivity contribution in [1.29, 1.82) is 0 Å². The van der Waals surface area contributed by atoms with Gasteiger partial charge < -0.3 is 30.1 Å². The second kappa shape index (κ2) is 12.3. The van der Waals surface area contributed by atoms with Crippen LogP contribution in [0.25, 0.3) is 0 Å². The first-order valence-electron chi connectivity index (χ1n) is 13.6. The van der Waals surface area contributed by atoms with Gasteiger partial charge in [-0.1, -0.05) is 23.2 Å². The largest absolute Gasteiger partial charge is 0.494 e. The average Bonchev–Trinajstić information content (AvgIpc) is 3.47. The van der Waals surface area contributed by atoms with E-state index in [1.54, 1.807) is 36.8 Å². The number of carbonyl (C=O) groups excluding carboxylic acids is 1. The number of fused-ring (bicyclic) bond motifs is 1. The van der Waals surface area contributed by atoms with Gasteiger partial charge in [0.05, 0.1) is 42.5 Å². The molecule has 1 saturated heterocycles. The first-order chi connectivity index (χ1) is 20.4. The molecule has 4 aromatic rings.